The normalized spacial score (nSPS) is 10.8. The van der Waals surface area contributed by atoms with Gasteiger partial charge in [0.1, 0.15) is 6.33 Å². The summed E-state index contributed by atoms with van der Waals surface area (Å²) in [5, 5.41) is 17.4. The predicted octanol–water partition coefficient (Wildman–Crippen LogP) is 6.06. The standard InChI is InChI=1S/C24H23N5O2/c1-4-28(21-14-8-11-18-10-5-6-12-19(18)21)24-22(29(30)31)23(25-15-26-24)27-20-13-7-9-16(2)17(20)3/h5-15H,4H2,1-3H3,(H,25,26,27). The molecule has 1 N–H and O–H groups in total. The Hall–Kier alpha value is -4.00. The molecule has 0 unspecified atom stereocenters. The first-order valence-corrected chi connectivity index (χ1v) is 10.1. The number of aromatic nitrogens is 2. The Labute approximate surface area is 180 Å². The van der Waals surface area contributed by atoms with Crippen LogP contribution < -0.4 is 10.2 Å². The maximum atomic E-state index is 12.2. The monoisotopic (exact) mass is 413 g/mol. The van der Waals surface area contributed by atoms with Gasteiger partial charge in [-0.25, -0.2) is 9.97 Å². The lowest BCUT2D eigenvalue weighted by Crippen LogP contribution is -2.20. The largest absolute Gasteiger partial charge is 0.354 e. The van der Waals surface area contributed by atoms with Crippen molar-refractivity contribution in [2.75, 3.05) is 16.8 Å². The summed E-state index contributed by atoms with van der Waals surface area (Å²) < 4.78 is 0. The van der Waals surface area contributed by atoms with E-state index in [2.05, 4.69) is 15.3 Å². The second-order valence-corrected chi connectivity index (χ2v) is 7.27. The van der Waals surface area contributed by atoms with Gasteiger partial charge in [-0.3, -0.25) is 10.1 Å². The third-order valence-electron chi connectivity index (χ3n) is 5.47. The van der Waals surface area contributed by atoms with Gasteiger partial charge in [0.05, 0.1) is 10.6 Å². The summed E-state index contributed by atoms with van der Waals surface area (Å²) in [6.07, 6.45) is 1.36. The number of benzene rings is 3. The van der Waals surface area contributed by atoms with E-state index in [0.717, 1.165) is 33.3 Å². The smallest absolute Gasteiger partial charge is 0.334 e. The molecule has 0 bridgehead atoms. The molecule has 0 saturated heterocycles. The van der Waals surface area contributed by atoms with E-state index in [1.807, 2.05) is 86.3 Å². The Morgan fingerprint density at radius 3 is 2.52 bits per heavy atom. The molecule has 156 valence electrons. The summed E-state index contributed by atoms with van der Waals surface area (Å²) in [5.74, 6) is 0.425. The Morgan fingerprint density at radius 2 is 1.74 bits per heavy atom. The highest BCUT2D eigenvalue weighted by Crippen LogP contribution is 2.39. The summed E-state index contributed by atoms with van der Waals surface area (Å²) in [6, 6.07) is 19.7. The maximum absolute atomic E-state index is 12.2. The van der Waals surface area contributed by atoms with Crippen molar-refractivity contribution in [1.29, 1.82) is 0 Å². The van der Waals surface area contributed by atoms with Gasteiger partial charge in [-0.05, 0) is 49.4 Å². The van der Waals surface area contributed by atoms with Gasteiger partial charge in [-0.2, -0.15) is 0 Å². The second kappa shape index (κ2) is 8.39. The van der Waals surface area contributed by atoms with Gasteiger partial charge < -0.3 is 10.2 Å². The van der Waals surface area contributed by atoms with Crippen LogP contribution in [0.5, 0.6) is 0 Å². The molecule has 0 amide bonds. The molecule has 0 aliphatic heterocycles. The van der Waals surface area contributed by atoms with Crippen molar-refractivity contribution in [3.63, 3.8) is 0 Å². The van der Waals surface area contributed by atoms with Gasteiger partial charge >= 0.3 is 5.69 Å². The van der Waals surface area contributed by atoms with Crippen molar-refractivity contribution in [1.82, 2.24) is 9.97 Å². The molecule has 0 atom stereocenters. The number of aryl methyl sites for hydroxylation is 1. The topological polar surface area (TPSA) is 84.2 Å². The first-order chi connectivity index (χ1) is 15.0. The van der Waals surface area contributed by atoms with Crippen LogP contribution in [0.1, 0.15) is 18.1 Å². The Kier molecular flexibility index (Phi) is 5.49. The fourth-order valence-corrected chi connectivity index (χ4v) is 3.72. The van der Waals surface area contributed by atoms with E-state index >= 15 is 0 Å². The molecular formula is C24H23N5O2. The number of hydrogen-bond acceptors (Lipinski definition) is 6. The summed E-state index contributed by atoms with van der Waals surface area (Å²) >= 11 is 0. The van der Waals surface area contributed by atoms with E-state index in [4.69, 9.17) is 0 Å². The van der Waals surface area contributed by atoms with Crippen LogP contribution in [0, 0.1) is 24.0 Å². The van der Waals surface area contributed by atoms with Crippen molar-refractivity contribution in [3.05, 3.63) is 88.2 Å². The predicted molar refractivity (Wildman–Crippen MR) is 125 cm³/mol. The molecule has 3 aromatic carbocycles. The molecule has 0 radical (unpaired) electrons. The zero-order valence-electron chi connectivity index (χ0n) is 17.7. The minimum Gasteiger partial charge on any atom is -0.334 e. The molecule has 1 heterocycles. The van der Waals surface area contributed by atoms with Gasteiger partial charge in [0.25, 0.3) is 0 Å². The number of nitrogens with zero attached hydrogens (tertiary/aromatic N) is 4. The lowest BCUT2D eigenvalue weighted by molar-refractivity contribution is -0.383. The quantitative estimate of drug-likeness (QED) is 0.306. The first-order valence-electron chi connectivity index (χ1n) is 10.1. The van der Waals surface area contributed by atoms with E-state index in [1.165, 1.54) is 6.33 Å². The molecule has 31 heavy (non-hydrogen) atoms. The van der Waals surface area contributed by atoms with Gasteiger partial charge in [0.15, 0.2) is 0 Å². The molecular weight excluding hydrogens is 390 g/mol. The summed E-state index contributed by atoms with van der Waals surface area (Å²) in [7, 11) is 0. The van der Waals surface area contributed by atoms with Crippen molar-refractivity contribution in [2.45, 2.75) is 20.8 Å². The highest BCUT2D eigenvalue weighted by Gasteiger charge is 2.28. The Balaban J connectivity index is 1.87. The SMILES string of the molecule is CCN(c1ncnc(Nc2cccc(C)c2C)c1[N+](=O)[O-])c1cccc2ccccc12. The Bertz CT molecular complexity index is 1270. The van der Waals surface area contributed by atoms with Crippen LogP contribution in [0.15, 0.2) is 67.0 Å². The maximum Gasteiger partial charge on any atom is 0.354 e. The average Bonchev–Trinajstić information content (AvgIpc) is 2.77. The molecule has 7 heteroatoms. The van der Waals surface area contributed by atoms with Gasteiger partial charge in [0, 0.05) is 17.6 Å². The Morgan fingerprint density at radius 1 is 1.00 bits per heavy atom. The molecule has 0 fully saturated rings. The van der Waals surface area contributed by atoms with Crippen LogP contribution in [0.25, 0.3) is 10.8 Å². The molecule has 7 nitrogen and oxygen atoms in total. The van der Waals surface area contributed by atoms with Crippen LogP contribution in [-0.4, -0.2) is 21.4 Å². The molecule has 1 aromatic heterocycles. The minimum atomic E-state index is -0.420. The highest BCUT2D eigenvalue weighted by molar-refractivity contribution is 5.97. The zero-order valence-corrected chi connectivity index (χ0v) is 17.7. The number of nitro groups is 1. The van der Waals surface area contributed by atoms with Crippen LogP contribution in [0.3, 0.4) is 0 Å². The molecule has 0 aliphatic rings. The van der Waals surface area contributed by atoms with Gasteiger partial charge in [-0.15, -0.1) is 0 Å². The first kappa shape index (κ1) is 20.3. The number of hydrogen-bond donors (Lipinski definition) is 1. The number of rotatable bonds is 6. The average molecular weight is 413 g/mol. The molecule has 0 spiro atoms. The number of fused-ring (bicyclic) bond motifs is 1. The third-order valence-corrected chi connectivity index (χ3v) is 5.47. The fourth-order valence-electron chi connectivity index (χ4n) is 3.72. The van der Waals surface area contributed by atoms with E-state index in [1.54, 1.807) is 0 Å². The summed E-state index contributed by atoms with van der Waals surface area (Å²) in [6.45, 7) is 6.43. The van der Waals surface area contributed by atoms with E-state index in [0.29, 0.717) is 6.54 Å². The minimum absolute atomic E-state index is 0.154. The molecule has 0 aliphatic carbocycles. The van der Waals surface area contributed by atoms with Crippen LogP contribution in [0.2, 0.25) is 0 Å². The molecule has 0 saturated carbocycles. The van der Waals surface area contributed by atoms with Crippen molar-refractivity contribution in [3.8, 4) is 0 Å². The van der Waals surface area contributed by atoms with Crippen molar-refractivity contribution in [2.24, 2.45) is 0 Å². The number of nitrogens with one attached hydrogen (secondary N) is 1. The summed E-state index contributed by atoms with van der Waals surface area (Å²) in [4.78, 5) is 22.1. The van der Waals surface area contributed by atoms with Crippen LogP contribution in [0.4, 0.5) is 28.7 Å². The summed E-state index contributed by atoms with van der Waals surface area (Å²) in [5.41, 5.74) is 3.59. The van der Waals surface area contributed by atoms with Gasteiger partial charge in [0.2, 0.25) is 11.6 Å². The van der Waals surface area contributed by atoms with E-state index in [9.17, 15) is 10.1 Å². The third kappa shape index (κ3) is 3.77. The van der Waals surface area contributed by atoms with Crippen molar-refractivity contribution < 1.29 is 4.92 Å². The number of anilines is 4. The zero-order chi connectivity index (χ0) is 22.0. The lowest BCUT2D eigenvalue weighted by Gasteiger charge is -2.24. The molecule has 4 rings (SSSR count). The second-order valence-electron chi connectivity index (χ2n) is 7.27. The van der Waals surface area contributed by atoms with Crippen molar-refractivity contribution >= 4 is 39.5 Å². The lowest BCUT2D eigenvalue weighted by atomic mass is 10.1. The van der Waals surface area contributed by atoms with Gasteiger partial charge in [-0.1, -0.05) is 48.5 Å². The van der Waals surface area contributed by atoms with E-state index < -0.39 is 4.92 Å². The van der Waals surface area contributed by atoms with Crippen LogP contribution >= 0.6 is 0 Å². The van der Waals surface area contributed by atoms with Crippen LogP contribution in [-0.2, 0) is 0 Å². The highest BCUT2D eigenvalue weighted by atomic mass is 16.6. The fraction of sp³-hybridized carbons (Fsp3) is 0.167. The molecule has 4 aromatic rings. The van der Waals surface area contributed by atoms with E-state index in [-0.39, 0.29) is 17.3 Å².